The molecule has 2 aliphatic rings. The van der Waals surface area contributed by atoms with Crippen molar-refractivity contribution in [2.45, 2.75) is 42.9 Å². The Morgan fingerprint density at radius 3 is 2.00 bits per heavy atom. The van der Waals surface area contributed by atoms with Gasteiger partial charge >= 0.3 is 5.69 Å². The van der Waals surface area contributed by atoms with Crippen molar-refractivity contribution in [1.82, 2.24) is 14.5 Å². The lowest BCUT2D eigenvalue weighted by atomic mass is 9.79. The number of ether oxygens (including phenoxy) is 4. The SMILES string of the molecule is COc1ccc(C(OC[C@]23CN(C(=O)Cc4ccc5ccc6cccc7ccc4c5c67)[C@H]([C@H](n4cc(C)c(=O)[nH]c4=O)O2)[C@H]3O)(c2ccccc2)c2ccc(OC)cc2)cc1. The highest BCUT2D eigenvalue weighted by atomic mass is 16.6. The van der Waals surface area contributed by atoms with Gasteiger partial charge in [0.2, 0.25) is 5.91 Å². The van der Waals surface area contributed by atoms with Gasteiger partial charge in [-0.25, -0.2) is 4.79 Å². The van der Waals surface area contributed by atoms with Gasteiger partial charge in [0, 0.05) is 11.8 Å². The van der Waals surface area contributed by atoms with Gasteiger partial charge in [-0.2, -0.15) is 0 Å². The van der Waals surface area contributed by atoms with E-state index in [9.17, 15) is 19.5 Å². The van der Waals surface area contributed by atoms with Gasteiger partial charge in [0.05, 0.1) is 33.8 Å². The third-order valence-corrected chi connectivity index (χ3v) is 12.7. The first-order valence-corrected chi connectivity index (χ1v) is 20.3. The van der Waals surface area contributed by atoms with E-state index < -0.39 is 40.8 Å². The minimum atomic E-state index is -1.50. The molecule has 0 unspecified atom stereocenters. The van der Waals surface area contributed by atoms with Crippen LogP contribution in [0.1, 0.15) is 34.0 Å². The summed E-state index contributed by atoms with van der Waals surface area (Å²) < 4.78 is 26.4. The van der Waals surface area contributed by atoms with Crippen LogP contribution in [-0.2, 0) is 26.3 Å². The molecule has 1 amide bonds. The largest absolute Gasteiger partial charge is 0.497 e. The van der Waals surface area contributed by atoms with Crippen LogP contribution < -0.4 is 20.7 Å². The number of likely N-dealkylation sites (tertiary alicyclic amines) is 1. The first kappa shape index (κ1) is 38.4. The summed E-state index contributed by atoms with van der Waals surface area (Å²) in [6.07, 6.45) is -0.983. The Balaban J connectivity index is 1.07. The predicted octanol–water partition coefficient (Wildman–Crippen LogP) is 6.85. The van der Waals surface area contributed by atoms with E-state index in [-0.39, 0.29) is 31.0 Å². The molecule has 0 spiro atoms. The summed E-state index contributed by atoms with van der Waals surface area (Å²) >= 11 is 0. The van der Waals surface area contributed by atoms with Crippen molar-refractivity contribution in [1.29, 1.82) is 0 Å². The topological polar surface area (TPSA) is 132 Å². The van der Waals surface area contributed by atoms with Crippen molar-refractivity contribution >= 4 is 38.2 Å². The number of H-pyrrole nitrogens is 1. The number of hydrogen-bond acceptors (Lipinski definition) is 8. The Morgan fingerprint density at radius 1 is 0.770 bits per heavy atom. The van der Waals surface area contributed by atoms with Gasteiger partial charge in [-0.05, 0) is 85.8 Å². The number of aliphatic hydroxyl groups excluding tert-OH is 1. The Morgan fingerprint density at radius 2 is 1.36 bits per heavy atom. The number of nitrogens with zero attached hydrogens (tertiary/aromatic N) is 2. The summed E-state index contributed by atoms with van der Waals surface area (Å²) in [5.41, 5.74) is -0.555. The van der Waals surface area contributed by atoms with Gasteiger partial charge in [-0.1, -0.05) is 109 Å². The number of carbonyl (C=O) groups is 1. The van der Waals surface area contributed by atoms with Gasteiger partial charge in [0.25, 0.3) is 5.56 Å². The fraction of sp³-hybridized carbons (Fsp3) is 0.220. The second-order valence-electron chi connectivity index (χ2n) is 16.1. The summed E-state index contributed by atoms with van der Waals surface area (Å²) in [6, 6.07) is 42.7. The van der Waals surface area contributed by atoms with Crippen molar-refractivity contribution in [3.63, 3.8) is 0 Å². The summed E-state index contributed by atoms with van der Waals surface area (Å²) in [6.45, 7) is 1.37. The fourth-order valence-corrected chi connectivity index (χ4v) is 9.63. The molecule has 2 aliphatic heterocycles. The Labute approximate surface area is 350 Å². The number of aryl methyl sites for hydroxylation is 1. The Kier molecular flexibility index (Phi) is 9.28. The molecule has 0 saturated carbocycles. The number of benzene rings is 7. The molecule has 2 saturated heterocycles. The van der Waals surface area contributed by atoms with E-state index in [0.29, 0.717) is 11.5 Å². The van der Waals surface area contributed by atoms with Crippen LogP contribution >= 0.6 is 0 Å². The smallest absolute Gasteiger partial charge is 0.330 e. The molecule has 2 fully saturated rings. The maximum atomic E-state index is 14.9. The quantitative estimate of drug-likeness (QED) is 0.107. The average Bonchev–Trinajstić information content (AvgIpc) is 3.74. The minimum Gasteiger partial charge on any atom is -0.497 e. The standard InChI is InChI=1S/C50H43N3O8/c1-30-27-52(48(57)51-46(30)56)47-44-45(55)49(61-47,28-53(44)41(54)26-34-15-14-33-13-12-31-8-7-9-32-16-25-40(34)43(33)42(31)32)29-60-50(35-10-5-4-6-11-35,36-17-21-38(58-2)22-18-36)37-19-23-39(59-3)24-20-37/h4-25,27,44-45,47,55H,26,28-29H2,1-3H3,(H,51,56,57)/t44-,45+,47+,49-/m0/s1. The Hall–Kier alpha value is -6.79. The number of nitrogens with one attached hydrogen (secondary N) is 1. The first-order chi connectivity index (χ1) is 29.6. The van der Waals surface area contributed by atoms with Crippen LogP contribution in [0, 0.1) is 6.92 Å². The van der Waals surface area contributed by atoms with Crippen LogP contribution in [0.2, 0.25) is 0 Å². The lowest BCUT2D eigenvalue weighted by molar-refractivity contribution is -0.183. The zero-order valence-electron chi connectivity index (χ0n) is 33.8. The number of carbonyl (C=O) groups excluding carboxylic acids is 1. The lowest BCUT2D eigenvalue weighted by Gasteiger charge is -2.41. The van der Waals surface area contributed by atoms with Gasteiger partial charge in [-0.3, -0.25) is 19.1 Å². The second-order valence-corrected chi connectivity index (χ2v) is 16.1. The molecule has 2 bridgehead atoms. The van der Waals surface area contributed by atoms with Crippen molar-refractivity contribution < 1.29 is 28.8 Å². The second kappa shape index (κ2) is 14.7. The maximum Gasteiger partial charge on any atom is 0.330 e. The molecule has 2 N–H and O–H groups in total. The number of rotatable bonds is 11. The van der Waals surface area contributed by atoms with Crippen molar-refractivity contribution in [3.05, 3.63) is 188 Å². The average molecular weight is 814 g/mol. The molecule has 0 radical (unpaired) electrons. The van der Waals surface area contributed by atoms with E-state index in [1.165, 1.54) is 10.8 Å². The van der Waals surface area contributed by atoms with Crippen LogP contribution in [0.5, 0.6) is 11.5 Å². The molecular formula is C50H43N3O8. The van der Waals surface area contributed by atoms with Crippen LogP contribution in [0.3, 0.4) is 0 Å². The molecule has 7 aromatic carbocycles. The number of aromatic amines is 1. The zero-order valence-corrected chi connectivity index (χ0v) is 33.8. The number of aromatic nitrogens is 2. The molecule has 11 heteroatoms. The number of methoxy groups -OCH3 is 2. The molecule has 61 heavy (non-hydrogen) atoms. The highest BCUT2D eigenvalue weighted by Crippen LogP contribution is 2.50. The predicted molar refractivity (Wildman–Crippen MR) is 233 cm³/mol. The third-order valence-electron chi connectivity index (χ3n) is 12.7. The molecule has 4 atom stereocenters. The number of aliphatic hydroxyl groups is 1. The van der Waals surface area contributed by atoms with Gasteiger partial charge in [0.1, 0.15) is 34.8 Å². The monoisotopic (exact) mass is 813 g/mol. The summed E-state index contributed by atoms with van der Waals surface area (Å²) in [7, 11) is 3.22. The van der Waals surface area contributed by atoms with Gasteiger partial charge in [0.15, 0.2) is 6.23 Å². The van der Waals surface area contributed by atoms with E-state index in [4.69, 9.17) is 18.9 Å². The van der Waals surface area contributed by atoms with Crippen LogP contribution in [0.15, 0.2) is 149 Å². The van der Waals surface area contributed by atoms with Crippen molar-refractivity contribution in [2.75, 3.05) is 27.4 Å². The number of amides is 1. The number of morpholine rings is 1. The van der Waals surface area contributed by atoms with Crippen LogP contribution in [0.4, 0.5) is 0 Å². The van der Waals surface area contributed by atoms with Crippen LogP contribution in [-0.4, -0.2) is 70.6 Å². The molecule has 1 aromatic heterocycles. The summed E-state index contributed by atoms with van der Waals surface area (Å²) in [5.74, 6) is 1.08. The molecular weight excluding hydrogens is 771 g/mol. The summed E-state index contributed by atoms with van der Waals surface area (Å²) in [4.78, 5) is 44.9. The van der Waals surface area contributed by atoms with E-state index in [1.54, 1.807) is 26.0 Å². The molecule has 10 rings (SSSR count). The van der Waals surface area contributed by atoms with Gasteiger partial charge in [-0.15, -0.1) is 0 Å². The maximum absolute atomic E-state index is 14.9. The van der Waals surface area contributed by atoms with E-state index >= 15 is 0 Å². The van der Waals surface area contributed by atoms with E-state index in [2.05, 4.69) is 41.4 Å². The fourth-order valence-electron chi connectivity index (χ4n) is 9.63. The highest BCUT2D eigenvalue weighted by Gasteiger charge is 2.66. The molecule has 3 heterocycles. The zero-order chi connectivity index (χ0) is 42.0. The number of fused-ring (bicyclic) bond motifs is 2. The van der Waals surface area contributed by atoms with Gasteiger partial charge < -0.3 is 29.0 Å². The highest BCUT2D eigenvalue weighted by molar-refractivity contribution is 6.23. The van der Waals surface area contributed by atoms with Crippen molar-refractivity contribution in [2.24, 2.45) is 0 Å². The van der Waals surface area contributed by atoms with Crippen LogP contribution in [0.25, 0.3) is 32.3 Å². The van der Waals surface area contributed by atoms with Crippen molar-refractivity contribution in [3.8, 4) is 11.5 Å². The normalized spacial score (nSPS) is 19.9. The minimum absolute atomic E-state index is 0.0207. The third kappa shape index (κ3) is 6.10. The molecule has 8 aromatic rings. The Bertz CT molecular complexity index is 2990. The molecule has 0 aliphatic carbocycles. The van der Waals surface area contributed by atoms with E-state index in [1.807, 2.05) is 97.1 Å². The molecule has 306 valence electrons. The molecule has 11 nitrogen and oxygen atoms in total. The van der Waals surface area contributed by atoms with E-state index in [0.717, 1.165) is 54.6 Å². The first-order valence-electron chi connectivity index (χ1n) is 20.3. The number of hydrogen-bond donors (Lipinski definition) is 2. The summed E-state index contributed by atoms with van der Waals surface area (Å²) in [5, 5.41) is 19.0. The lowest BCUT2D eigenvalue weighted by Crippen LogP contribution is -2.53.